The molecule has 18 heavy (non-hydrogen) atoms. The molecule has 3 atom stereocenters. The summed E-state index contributed by atoms with van der Waals surface area (Å²) in [5.41, 5.74) is 1.39. The monoisotopic (exact) mass is 256 g/mol. The lowest BCUT2D eigenvalue weighted by Gasteiger charge is -2.06. The first-order chi connectivity index (χ1) is 8.48. The van der Waals surface area contributed by atoms with E-state index >= 15 is 0 Å². The third-order valence-electron chi connectivity index (χ3n) is 3.74. The molecular weight excluding hydrogens is 228 g/mol. The van der Waals surface area contributed by atoms with Gasteiger partial charge in [-0.15, -0.1) is 0 Å². The summed E-state index contributed by atoms with van der Waals surface area (Å²) in [5.74, 6) is 0. The van der Waals surface area contributed by atoms with E-state index in [2.05, 4.69) is 19.9 Å². The summed E-state index contributed by atoms with van der Waals surface area (Å²) >= 11 is 0. The van der Waals surface area contributed by atoms with Crippen molar-refractivity contribution in [3.05, 3.63) is 11.6 Å². The molecule has 0 radical (unpaired) electrons. The summed E-state index contributed by atoms with van der Waals surface area (Å²) in [6.45, 7) is 6.38. The summed E-state index contributed by atoms with van der Waals surface area (Å²) in [5, 5.41) is 18.0. The number of epoxide rings is 1. The minimum absolute atomic E-state index is 0.0304. The fraction of sp³-hybridized carbons (Fsp3) is 0.867. The van der Waals surface area contributed by atoms with Crippen LogP contribution < -0.4 is 0 Å². The second kappa shape index (κ2) is 7.27. The first-order valence-corrected chi connectivity index (χ1v) is 7.10. The molecule has 3 unspecified atom stereocenters. The van der Waals surface area contributed by atoms with E-state index in [1.165, 1.54) is 5.57 Å². The predicted molar refractivity (Wildman–Crippen MR) is 73.5 cm³/mol. The molecule has 0 aromatic carbocycles. The van der Waals surface area contributed by atoms with Crippen molar-refractivity contribution < 1.29 is 14.9 Å². The summed E-state index contributed by atoms with van der Waals surface area (Å²) < 4.78 is 5.74. The van der Waals surface area contributed by atoms with Crippen LogP contribution in [0.4, 0.5) is 0 Å². The highest BCUT2D eigenvalue weighted by Crippen LogP contribution is 2.43. The van der Waals surface area contributed by atoms with Crippen molar-refractivity contribution in [2.24, 2.45) is 0 Å². The number of aliphatic hydroxyl groups excluding tert-OH is 2. The third-order valence-corrected chi connectivity index (χ3v) is 3.74. The zero-order valence-corrected chi connectivity index (χ0v) is 12.0. The van der Waals surface area contributed by atoms with Gasteiger partial charge < -0.3 is 14.9 Å². The standard InChI is InChI=1S/C15H28O3/c1-12(7-5-11-16)6-4-10-15(3)14(18-15)9-8-13(2)17/h6,13-14,16-17H,4-5,7-11H2,1-3H3/b12-6-. The number of rotatable bonds is 9. The van der Waals surface area contributed by atoms with Crippen molar-refractivity contribution in [1.82, 2.24) is 0 Å². The maximum Gasteiger partial charge on any atom is 0.0923 e. The van der Waals surface area contributed by atoms with Gasteiger partial charge >= 0.3 is 0 Å². The number of hydrogen-bond donors (Lipinski definition) is 2. The van der Waals surface area contributed by atoms with Crippen LogP contribution in [0.1, 0.15) is 59.3 Å². The fourth-order valence-corrected chi connectivity index (χ4v) is 2.33. The molecule has 0 aromatic rings. The van der Waals surface area contributed by atoms with Crippen LogP contribution in [0.15, 0.2) is 11.6 Å². The van der Waals surface area contributed by atoms with Crippen LogP contribution in [-0.4, -0.2) is 34.6 Å². The third kappa shape index (κ3) is 5.51. The zero-order chi connectivity index (χ0) is 13.6. The molecule has 0 amide bonds. The molecule has 1 saturated heterocycles. The number of hydrogen-bond acceptors (Lipinski definition) is 3. The normalized spacial score (nSPS) is 29.4. The van der Waals surface area contributed by atoms with Crippen molar-refractivity contribution in [2.45, 2.75) is 77.1 Å². The van der Waals surface area contributed by atoms with Gasteiger partial charge in [-0.05, 0) is 59.3 Å². The van der Waals surface area contributed by atoms with Gasteiger partial charge in [-0.1, -0.05) is 11.6 Å². The van der Waals surface area contributed by atoms with Crippen LogP contribution in [0.25, 0.3) is 0 Å². The molecule has 3 nitrogen and oxygen atoms in total. The van der Waals surface area contributed by atoms with E-state index in [0.29, 0.717) is 6.10 Å². The molecule has 1 heterocycles. The lowest BCUT2D eigenvalue weighted by atomic mass is 9.97. The topological polar surface area (TPSA) is 53.0 Å². The Morgan fingerprint density at radius 2 is 2.22 bits per heavy atom. The van der Waals surface area contributed by atoms with E-state index in [1.807, 2.05) is 6.92 Å². The quantitative estimate of drug-likeness (QED) is 0.492. The SMILES string of the molecule is C/C(=C/CCC1(C)OC1CCC(C)O)CCCO. The van der Waals surface area contributed by atoms with Crippen LogP contribution in [0, 0.1) is 0 Å². The highest BCUT2D eigenvalue weighted by Gasteiger charge is 2.50. The van der Waals surface area contributed by atoms with Crippen molar-refractivity contribution >= 4 is 0 Å². The first kappa shape index (κ1) is 15.7. The van der Waals surface area contributed by atoms with Crippen molar-refractivity contribution in [1.29, 1.82) is 0 Å². The molecule has 0 aliphatic carbocycles. The predicted octanol–water partition coefficient (Wildman–Crippen LogP) is 2.80. The van der Waals surface area contributed by atoms with E-state index in [4.69, 9.17) is 9.84 Å². The summed E-state index contributed by atoms with van der Waals surface area (Å²) in [7, 11) is 0. The Hall–Kier alpha value is -0.380. The molecular formula is C15H28O3. The zero-order valence-electron chi connectivity index (χ0n) is 12.0. The second-order valence-electron chi connectivity index (χ2n) is 5.76. The van der Waals surface area contributed by atoms with Crippen molar-refractivity contribution in [3.8, 4) is 0 Å². The highest BCUT2D eigenvalue weighted by molar-refractivity contribution is 5.03. The Bertz CT molecular complexity index is 273. The van der Waals surface area contributed by atoms with E-state index in [0.717, 1.165) is 38.5 Å². The van der Waals surface area contributed by atoms with Crippen LogP contribution in [0.5, 0.6) is 0 Å². The fourth-order valence-electron chi connectivity index (χ4n) is 2.33. The average molecular weight is 256 g/mol. The van der Waals surface area contributed by atoms with E-state index in [9.17, 15) is 5.11 Å². The van der Waals surface area contributed by atoms with Crippen LogP contribution in [-0.2, 0) is 4.74 Å². The molecule has 1 rings (SSSR count). The molecule has 0 saturated carbocycles. The summed E-state index contributed by atoms with van der Waals surface area (Å²) in [6, 6.07) is 0. The average Bonchev–Trinajstić information content (AvgIpc) is 2.95. The molecule has 1 fully saturated rings. The smallest absolute Gasteiger partial charge is 0.0923 e. The molecule has 2 N–H and O–H groups in total. The molecule has 0 spiro atoms. The summed E-state index contributed by atoms with van der Waals surface area (Å²) in [4.78, 5) is 0. The Labute approximate surface area is 111 Å². The number of ether oxygens (including phenoxy) is 1. The van der Waals surface area contributed by atoms with Crippen molar-refractivity contribution in [2.75, 3.05) is 6.61 Å². The van der Waals surface area contributed by atoms with Gasteiger partial charge in [-0.3, -0.25) is 0 Å². The first-order valence-electron chi connectivity index (χ1n) is 7.10. The van der Waals surface area contributed by atoms with Gasteiger partial charge in [0.2, 0.25) is 0 Å². The van der Waals surface area contributed by atoms with Gasteiger partial charge in [-0.2, -0.15) is 0 Å². The number of allylic oxidation sites excluding steroid dienone is 2. The van der Waals surface area contributed by atoms with Gasteiger partial charge in [0.25, 0.3) is 0 Å². The van der Waals surface area contributed by atoms with E-state index < -0.39 is 0 Å². The maximum absolute atomic E-state index is 9.25. The minimum atomic E-state index is -0.223. The minimum Gasteiger partial charge on any atom is -0.396 e. The molecule has 106 valence electrons. The Balaban J connectivity index is 2.16. The molecule has 1 aliphatic rings. The molecule has 1 aliphatic heterocycles. The number of aliphatic hydroxyl groups is 2. The second-order valence-corrected chi connectivity index (χ2v) is 5.76. The maximum atomic E-state index is 9.25. The van der Waals surface area contributed by atoms with Gasteiger partial charge in [0.05, 0.1) is 17.8 Å². The van der Waals surface area contributed by atoms with E-state index in [1.54, 1.807) is 0 Å². The van der Waals surface area contributed by atoms with Crippen LogP contribution in [0.3, 0.4) is 0 Å². The Morgan fingerprint density at radius 3 is 2.83 bits per heavy atom. The highest BCUT2D eigenvalue weighted by atomic mass is 16.6. The molecule has 0 aromatic heterocycles. The van der Waals surface area contributed by atoms with Crippen molar-refractivity contribution in [3.63, 3.8) is 0 Å². The Morgan fingerprint density at radius 1 is 1.50 bits per heavy atom. The summed E-state index contributed by atoms with van der Waals surface area (Å²) in [6.07, 6.45) is 8.08. The molecule has 3 heteroatoms. The Kier molecular flexibility index (Phi) is 6.33. The van der Waals surface area contributed by atoms with Gasteiger partial charge in [0.1, 0.15) is 0 Å². The van der Waals surface area contributed by atoms with E-state index in [-0.39, 0.29) is 18.3 Å². The lowest BCUT2D eigenvalue weighted by molar-refractivity contribution is 0.176. The van der Waals surface area contributed by atoms with Gasteiger partial charge in [-0.25, -0.2) is 0 Å². The van der Waals surface area contributed by atoms with Crippen LogP contribution in [0.2, 0.25) is 0 Å². The van der Waals surface area contributed by atoms with Gasteiger partial charge in [0, 0.05) is 6.61 Å². The van der Waals surface area contributed by atoms with Crippen LogP contribution >= 0.6 is 0 Å². The van der Waals surface area contributed by atoms with Gasteiger partial charge in [0.15, 0.2) is 0 Å². The molecule has 0 bridgehead atoms. The lowest BCUT2D eigenvalue weighted by Crippen LogP contribution is -2.11. The largest absolute Gasteiger partial charge is 0.396 e.